The Morgan fingerprint density at radius 2 is 1.61 bits per heavy atom. The molecule has 2 saturated heterocycles. The molecular formula is C40H68N4O5. The summed E-state index contributed by atoms with van der Waals surface area (Å²) in [5.41, 5.74) is 0.280. The lowest BCUT2D eigenvalue weighted by Crippen LogP contribution is -2.63. The van der Waals surface area contributed by atoms with Crippen LogP contribution in [0.5, 0.6) is 0 Å². The van der Waals surface area contributed by atoms with Crippen molar-refractivity contribution >= 4 is 17.7 Å². The third-order valence-corrected chi connectivity index (χ3v) is 14.9. The minimum atomic E-state index is -0.595. The molecule has 11 atom stereocenters. The second-order valence-electron chi connectivity index (χ2n) is 18.1. The van der Waals surface area contributed by atoms with Crippen molar-refractivity contribution in [3.8, 4) is 0 Å². The van der Waals surface area contributed by atoms with Crippen LogP contribution in [0.3, 0.4) is 0 Å². The van der Waals surface area contributed by atoms with Crippen molar-refractivity contribution in [2.24, 2.45) is 40.4 Å². The maximum Gasteiger partial charge on any atom is 0.245 e. The molecule has 278 valence electrons. The molecule has 0 spiro atoms. The Morgan fingerprint density at radius 3 is 2.33 bits per heavy atom. The summed E-state index contributed by atoms with van der Waals surface area (Å²) in [5, 5.41) is 25.6. The quantitative estimate of drug-likeness (QED) is 0.280. The van der Waals surface area contributed by atoms with E-state index in [9.17, 15) is 24.6 Å². The molecule has 2 heterocycles. The maximum absolute atomic E-state index is 14.0. The Balaban J connectivity index is 1.06. The highest BCUT2D eigenvalue weighted by Crippen LogP contribution is 2.66. The predicted octanol–water partition coefficient (Wildman–Crippen LogP) is 4.98. The molecule has 3 amide bonds. The summed E-state index contributed by atoms with van der Waals surface area (Å²) in [4.78, 5) is 46.7. The molecule has 0 aromatic heterocycles. The van der Waals surface area contributed by atoms with Crippen LogP contribution in [0.1, 0.15) is 131 Å². The lowest BCUT2D eigenvalue weighted by Gasteiger charge is -2.62. The Bertz CT molecular complexity index is 1190. The third-order valence-electron chi connectivity index (χ3n) is 14.9. The number of fused-ring (bicyclic) bond motifs is 5. The first kappa shape index (κ1) is 37.1. The van der Waals surface area contributed by atoms with E-state index in [1.807, 2.05) is 4.90 Å². The van der Waals surface area contributed by atoms with E-state index in [4.69, 9.17) is 0 Å². The van der Waals surface area contributed by atoms with Gasteiger partial charge >= 0.3 is 0 Å². The van der Waals surface area contributed by atoms with Gasteiger partial charge in [-0.05, 0) is 117 Å². The van der Waals surface area contributed by atoms with Crippen LogP contribution >= 0.6 is 0 Å². The number of carbonyl (C=O) groups is 3. The number of piperazine rings is 1. The van der Waals surface area contributed by atoms with Gasteiger partial charge in [-0.1, -0.05) is 47.5 Å². The number of unbranched alkanes of at least 4 members (excludes halogenated alkanes) is 2. The normalized spacial score (nSPS) is 40.1. The standard InChI is InChI=1S/C40H68N4O5/c1-6-7-8-11-36(47)44-18-9-10-32(44)37(48)41-31(23-26(2)3)38(49)43-21-19-42(20-22-43)33-25-40(5)27(24-34(33)45)12-13-28-29-14-15-35(46)39(29,4)17-16-30(28)40/h26-35,45-46H,6-25H2,1-5H3,(H,41,48)/t27-,28-,29-,30-,31-,32-,33-,34-,35-,39-,40-/m0/s1. The number of carbonyl (C=O) groups excluding carboxylic acids is 3. The second kappa shape index (κ2) is 15.1. The van der Waals surface area contributed by atoms with Gasteiger partial charge in [-0.15, -0.1) is 0 Å². The van der Waals surface area contributed by atoms with E-state index in [1.165, 1.54) is 19.3 Å². The monoisotopic (exact) mass is 685 g/mol. The zero-order chi connectivity index (χ0) is 35.1. The molecule has 4 aliphatic carbocycles. The number of aliphatic hydroxyl groups excluding tert-OH is 2. The Hall–Kier alpha value is -1.71. The summed E-state index contributed by atoms with van der Waals surface area (Å²) in [7, 11) is 0. The van der Waals surface area contributed by atoms with Crippen LogP contribution in [-0.4, -0.2) is 106 Å². The van der Waals surface area contributed by atoms with Gasteiger partial charge < -0.3 is 25.3 Å². The number of hydrogen-bond donors (Lipinski definition) is 3. The summed E-state index contributed by atoms with van der Waals surface area (Å²) in [6.45, 7) is 14.5. The Labute approximate surface area is 296 Å². The zero-order valence-electron chi connectivity index (χ0n) is 31.4. The molecule has 6 fully saturated rings. The number of hydrogen-bond acceptors (Lipinski definition) is 6. The SMILES string of the molecule is CCCCCC(=O)N1CCC[C@H]1C(=O)N[C@@H](CC(C)C)C(=O)N1CCN([C@H]2C[C@@]3(C)[C@@H](CC[C@@H]4[C@@H]3CC[C@]3(C)[C@@H](O)CC[C@@H]43)C[C@@H]2O)CC1. The number of nitrogens with zero attached hydrogens (tertiary/aromatic N) is 3. The number of rotatable bonds is 10. The smallest absolute Gasteiger partial charge is 0.245 e. The van der Waals surface area contributed by atoms with Crippen molar-refractivity contribution in [3.63, 3.8) is 0 Å². The second-order valence-corrected chi connectivity index (χ2v) is 18.1. The van der Waals surface area contributed by atoms with E-state index in [1.54, 1.807) is 4.90 Å². The molecule has 0 radical (unpaired) electrons. The largest absolute Gasteiger partial charge is 0.393 e. The molecule has 9 heteroatoms. The van der Waals surface area contributed by atoms with Crippen LogP contribution in [0, 0.1) is 40.4 Å². The van der Waals surface area contributed by atoms with E-state index >= 15 is 0 Å². The van der Waals surface area contributed by atoms with Crippen LogP contribution in [0.4, 0.5) is 0 Å². The molecule has 9 nitrogen and oxygen atoms in total. The number of likely N-dealkylation sites (tertiary alicyclic amines) is 1. The average molecular weight is 685 g/mol. The van der Waals surface area contributed by atoms with E-state index < -0.39 is 12.1 Å². The van der Waals surface area contributed by atoms with E-state index in [0.29, 0.717) is 62.6 Å². The molecule has 2 aliphatic heterocycles. The van der Waals surface area contributed by atoms with Gasteiger partial charge in [0.2, 0.25) is 17.7 Å². The summed E-state index contributed by atoms with van der Waals surface area (Å²) >= 11 is 0. The van der Waals surface area contributed by atoms with E-state index in [0.717, 1.165) is 70.9 Å². The topological polar surface area (TPSA) is 113 Å². The minimum absolute atomic E-state index is 0.0177. The van der Waals surface area contributed by atoms with Gasteiger partial charge in [-0.25, -0.2) is 0 Å². The lowest BCUT2D eigenvalue weighted by molar-refractivity contribution is -0.157. The molecule has 3 N–H and O–H groups in total. The molecule has 0 bridgehead atoms. The molecular weight excluding hydrogens is 616 g/mol. The van der Waals surface area contributed by atoms with Gasteiger partial charge in [0.25, 0.3) is 0 Å². The fourth-order valence-electron chi connectivity index (χ4n) is 12.1. The highest BCUT2D eigenvalue weighted by atomic mass is 16.3. The predicted molar refractivity (Wildman–Crippen MR) is 191 cm³/mol. The Morgan fingerprint density at radius 1 is 0.878 bits per heavy atom. The van der Waals surface area contributed by atoms with Gasteiger partial charge in [0.15, 0.2) is 0 Å². The summed E-state index contributed by atoms with van der Waals surface area (Å²) in [6.07, 6.45) is 13.7. The highest BCUT2D eigenvalue weighted by molar-refractivity contribution is 5.92. The van der Waals surface area contributed by atoms with Gasteiger partial charge in [0.05, 0.1) is 12.2 Å². The number of amides is 3. The maximum atomic E-state index is 14.0. The van der Waals surface area contributed by atoms with Crippen LogP contribution in [0.2, 0.25) is 0 Å². The average Bonchev–Trinajstić information content (AvgIpc) is 3.69. The minimum Gasteiger partial charge on any atom is -0.393 e. The number of nitrogens with one attached hydrogen (secondary N) is 1. The Kier molecular flexibility index (Phi) is 11.4. The summed E-state index contributed by atoms with van der Waals surface area (Å²) in [6, 6.07) is -0.974. The molecule has 4 saturated carbocycles. The van der Waals surface area contributed by atoms with Gasteiger partial charge in [0, 0.05) is 45.2 Å². The fourth-order valence-corrected chi connectivity index (χ4v) is 12.1. The molecule has 6 aliphatic rings. The van der Waals surface area contributed by atoms with Crippen molar-refractivity contribution in [2.45, 2.75) is 161 Å². The molecule has 6 rings (SSSR count). The molecule has 0 aromatic carbocycles. The van der Waals surface area contributed by atoms with Crippen molar-refractivity contribution < 1.29 is 24.6 Å². The molecule has 0 unspecified atom stereocenters. The van der Waals surface area contributed by atoms with Crippen LogP contribution in [-0.2, 0) is 14.4 Å². The van der Waals surface area contributed by atoms with Gasteiger partial charge in [-0.2, -0.15) is 0 Å². The summed E-state index contributed by atoms with van der Waals surface area (Å²) in [5.74, 6) is 2.62. The van der Waals surface area contributed by atoms with Crippen LogP contribution in [0.15, 0.2) is 0 Å². The number of aliphatic hydroxyl groups is 2. The zero-order valence-corrected chi connectivity index (χ0v) is 31.4. The first-order valence-corrected chi connectivity index (χ1v) is 20.4. The third kappa shape index (κ3) is 7.20. The van der Waals surface area contributed by atoms with E-state index in [2.05, 4.69) is 44.8 Å². The van der Waals surface area contributed by atoms with Crippen molar-refractivity contribution in [3.05, 3.63) is 0 Å². The van der Waals surface area contributed by atoms with Crippen molar-refractivity contribution in [2.75, 3.05) is 32.7 Å². The summed E-state index contributed by atoms with van der Waals surface area (Å²) < 4.78 is 0. The molecule has 0 aromatic rings. The van der Waals surface area contributed by atoms with Gasteiger partial charge in [-0.3, -0.25) is 19.3 Å². The first-order chi connectivity index (χ1) is 23.4. The fraction of sp³-hybridized carbons (Fsp3) is 0.925. The highest BCUT2D eigenvalue weighted by Gasteiger charge is 2.61. The first-order valence-electron chi connectivity index (χ1n) is 20.4. The molecule has 49 heavy (non-hydrogen) atoms. The van der Waals surface area contributed by atoms with Gasteiger partial charge in [0.1, 0.15) is 12.1 Å². The van der Waals surface area contributed by atoms with Crippen LogP contribution < -0.4 is 5.32 Å². The van der Waals surface area contributed by atoms with Crippen molar-refractivity contribution in [1.29, 1.82) is 0 Å². The lowest BCUT2D eigenvalue weighted by atomic mass is 9.44. The van der Waals surface area contributed by atoms with Crippen molar-refractivity contribution in [1.82, 2.24) is 20.0 Å². The van der Waals surface area contributed by atoms with E-state index in [-0.39, 0.29) is 52.7 Å². The van der Waals surface area contributed by atoms with Crippen LogP contribution in [0.25, 0.3) is 0 Å².